The first-order valence-corrected chi connectivity index (χ1v) is 9.65. The number of nitrogens with zero attached hydrogens (tertiary/aromatic N) is 2. The molecule has 6 heteroatoms. The van der Waals surface area contributed by atoms with E-state index in [2.05, 4.69) is 4.90 Å². The van der Waals surface area contributed by atoms with Crippen LogP contribution in [0.5, 0.6) is 0 Å². The average Bonchev–Trinajstić information content (AvgIpc) is 2.70. The monoisotopic (exact) mass is 396 g/mol. The third-order valence-corrected chi connectivity index (χ3v) is 5.50. The van der Waals surface area contributed by atoms with Gasteiger partial charge in [0.05, 0.1) is 0 Å². The number of hydrogen-bond donors (Lipinski definition) is 0. The molecule has 1 aliphatic rings. The molecule has 1 saturated heterocycles. The summed E-state index contributed by atoms with van der Waals surface area (Å²) in [7, 11) is 0. The molecule has 2 aromatic carbocycles. The van der Waals surface area contributed by atoms with Crippen molar-refractivity contribution in [3.63, 3.8) is 0 Å². The summed E-state index contributed by atoms with van der Waals surface area (Å²) >= 11 is 6.14. The summed E-state index contributed by atoms with van der Waals surface area (Å²) in [6.45, 7) is 6.37. The Hall–Kier alpha value is -2.79. The van der Waals surface area contributed by atoms with E-state index in [0.29, 0.717) is 36.8 Å². The zero-order valence-electron chi connectivity index (χ0n) is 15.9. The maximum Gasteiger partial charge on any atom is 0.349 e. The van der Waals surface area contributed by atoms with Gasteiger partial charge in [-0.1, -0.05) is 35.9 Å². The summed E-state index contributed by atoms with van der Waals surface area (Å²) in [4.78, 5) is 29.3. The largest absolute Gasteiger partial charge is 0.422 e. The molecule has 0 radical (unpaired) electrons. The summed E-state index contributed by atoms with van der Waals surface area (Å²) < 4.78 is 5.43. The predicted octanol–water partition coefficient (Wildman–Crippen LogP) is 4.03. The molecule has 0 N–H and O–H groups in total. The van der Waals surface area contributed by atoms with Gasteiger partial charge in [-0.2, -0.15) is 0 Å². The van der Waals surface area contributed by atoms with Crippen molar-refractivity contribution in [2.75, 3.05) is 31.1 Å². The van der Waals surface area contributed by atoms with Gasteiger partial charge < -0.3 is 14.2 Å². The highest BCUT2D eigenvalue weighted by Gasteiger charge is 2.25. The number of amides is 1. The number of carbonyl (C=O) groups is 1. The van der Waals surface area contributed by atoms with Crippen molar-refractivity contribution in [3.8, 4) is 0 Å². The zero-order chi connectivity index (χ0) is 19.8. The van der Waals surface area contributed by atoms with Gasteiger partial charge in [-0.25, -0.2) is 4.79 Å². The highest BCUT2D eigenvalue weighted by Crippen LogP contribution is 2.26. The van der Waals surface area contributed by atoms with Crippen LogP contribution >= 0.6 is 11.6 Å². The van der Waals surface area contributed by atoms with Gasteiger partial charge in [-0.15, -0.1) is 0 Å². The second kappa shape index (κ2) is 7.32. The molecule has 0 unspecified atom stereocenters. The van der Waals surface area contributed by atoms with E-state index >= 15 is 0 Å². The van der Waals surface area contributed by atoms with Gasteiger partial charge in [0.25, 0.3) is 5.91 Å². The molecule has 4 rings (SSSR count). The predicted molar refractivity (Wildman–Crippen MR) is 112 cm³/mol. The lowest BCUT2D eigenvalue weighted by Crippen LogP contribution is -2.49. The number of piperazine rings is 1. The molecule has 1 aliphatic heterocycles. The molecular weight excluding hydrogens is 376 g/mol. The number of halogens is 1. The molecule has 28 heavy (non-hydrogen) atoms. The first-order valence-electron chi connectivity index (χ1n) is 9.28. The molecule has 5 nitrogen and oxygen atoms in total. The smallest absolute Gasteiger partial charge is 0.349 e. The molecular formula is C22H21ClN2O3. The van der Waals surface area contributed by atoms with Gasteiger partial charge in [0, 0.05) is 42.3 Å². The van der Waals surface area contributed by atoms with E-state index in [1.807, 2.05) is 50.2 Å². The fourth-order valence-electron chi connectivity index (χ4n) is 3.68. The van der Waals surface area contributed by atoms with Crippen molar-refractivity contribution in [1.29, 1.82) is 0 Å². The summed E-state index contributed by atoms with van der Waals surface area (Å²) in [6, 6.07) is 13.1. The van der Waals surface area contributed by atoms with Crippen molar-refractivity contribution < 1.29 is 9.21 Å². The van der Waals surface area contributed by atoms with Crippen LogP contribution in [0.25, 0.3) is 11.0 Å². The fourth-order valence-corrected chi connectivity index (χ4v) is 3.85. The van der Waals surface area contributed by atoms with Crippen molar-refractivity contribution in [3.05, 3.63) is 74.6 Å². The van der Waals surface area contributed by atoms with E-state index in [-0.39, 0.29) is 11.5 Å². The molecule has 0 spiro atoms. The van der Waals surface area contributed by atoms with E-state index in [1.54, 1.807) is 11.0 Å². The Morgan fingerprint density at radius 3 is 2.50 bits per heavy atom. The third kappa shape index (κ3) is 3.38. The number of fused-ring (bicyclic) bond motifs is 1. The summed E-state index contributed by atoms with van der Waals surface area (Å²) in [5, 5.41) is 1.46. The summed E-state index contributed by atoms with van der Waals surface area (Å²) in [6.07, 6.45) is 0. The summed E-state index contributed by atoms with van der Waals surface area (Å²) in [5.74, 6) is -0.278. The average molecular weight is 397 g/mol. The Balaban J connectivity index is 1.54. The second-order valence-corrected chi connectivity index (χ2v) is 7.59. The molecule has 0 atom stereocenters. The van der Waals surface area contributed by atoms with Crippen LogP contribution < -0.4 is 10.5 Å². The number of anilines is 1. The zero-order valence-corrected chi connectivity index (χ0v) is 16.6. The van der Waals surface area contributed by atoms with E-state index in [0.717, 1.165) is 22.2 Å². The van der Waals surface area contributed by atoms with E-state index in [9.17, 15) is 9.59 Å². The van der Waals surface area contributed by atoms with Crippen molar-refractivity contribution in [1.82, 2.24) is 4.90 Å². The quantitative estimate of drug-likeness (QED) is 0.614. The van der Waals surface area contributed by atoms with Gasteiger partial charge in [-0.05, 0) is 43.2 Å². The topological polar surface area (TPSA) is 53.8 Å². The Kier molecular flexibility index (Phi) is 4.85. The Bertz CT molecular complexity index is 1110. The van der Waals surface area contributed by atoms with Gasteiger partial charge >= 0.3 is 5.63 Å². The molecule has 3 aromatic rings. The maximum atomic E-state index is 12.9. The molecule has 1 aromatic heterocycles. The van der Waals surface area contributed by atoms with Gasteiger partial charge in [0.1, 0.15) is 11.1 Å². The molecule has 0 saturated carbocycles. The van der Waals surface area contributed by atoms with Crippen LogP contribution in [0.3, 0.4) is 0 Å². The van der Waals surface area contributed by atoms with Gasteiger partial charge in [-0.3, -0.25) is 4.79 Å². The minimum Gasteiger partial charge on any atom is -0.422 e. The maximum absolute atomic E-state index is 12.9. The van der Waals surface area contributed by atoms with Gasteiger partial charge in [0.2, 0.25) is 0 Å². The fraction of sp³-hybridized carbons (Fsp3) is 0.273. The number of rotatable bonds is 2. The molecule has 2 heterocycles. The van der Waals surface area contributed by atoms with Crippen LogP contribution in [0.1, 0.15) is 21.5 Å². The first-order chi connectivity index (χ1) is 13.4. The number of hydrogen-bond acceptors (Lipinski definition) is 4. The SMILES string of the molecule is Cc1ccc(Cl)cc1N1CCN(C(=O)c2cc3cccc(C)c3oc2=O)CC1. The third-order valence-electron chi connectivity index (χ3n) is 5.27. The van der Waals surface area contributed by atoms with Crippen LogP contribution in [-0.4, -0.2) is 37.0 Å². The second-order valence-electron chi connectivity index (χ2n) is 7.15. The standard InChI is InChI=1S/C22H21ClN2O3/c1-14-6-7-17(23)13-19(14)24-8-10-25(11-9-24)21(26)18-12-16-5-3-4-15(2)20(16)28-22(18)27/h3-7,12-13H,8-11H2,1-2H3. The normalized spacial score (nSPS) is 14.5. The Morgan fingerprint density at radius 1 is 1.00 bits per heavy atom. The van der Waals surface area contributed by atoms with Crippen LogP contribution in [0, 0.1) is 13.8 Å². The Morgan fingerprint density at radius 2 is 1.75 bits per heavy atom. The minimum absolute atomic E-state index is 0.0884. The lowest BCUT2D eigenvalue weighted by Gasteiger charge is -2.36. The lowest BCUT2D eigenvalue weighted by atomic mass is 10.1. The Labute approximate surface area is 168 Å². The number of aryl methyl sites for hydroxylation is 2. The lowest BCUT2D eigenvalue weighted by molar-refractivity contribution is 0.0742. The van der Waals surface area contributed by atoms with E-state index in [1.165, 1.54) is 0 Å². The number of para-hydroxylation sites is 1. The highest BCUT2D eigenvalue weighted by atomic mass is 35.5. The molecule has 1 amide bonds. The van der Waals surface area contributed by atoms with Crippen LogP contribution in [0.2, 0.25) is 5.02 Å². The van der Waals surface area contributed by atoms with Gasteiger partial charge in [0.15, 0.2) is 0 Å². The van der Waals surface area contributed by atoms with Crippen LogP contribution in [0.4, 0.5) is 5.69 Å². The summed E-state index contributed by atoms with van der Waals surface area (Å²) in [5.41, 5.74) is 3.14. The van der Waals surface area contributed by atoms with Crippen molar-refractivity contribution in [2.45, 2.75) is 13.8 Å². The highest BCUT2D eigenvalue weighted by molar-refractivity contribution is 6.30. The van der Waals surface area contributed by atoms with E-state index < -0.39 is 5.63 Å². The van der Waals surface area contributed by atoms with Crippen LogP contribution in [0.15, 0.2) is 51.7 Å². The van der Waals surface area contributed by atoms with Crippen molar-refractivity contribution in [2.24, 2.45) is 0 Å². The van der Waals surface area contributed by atoms with Crippen LogP contribution in [-0.2, 0) is 0 Å². The number of benzene rings is 2. The molecule has 0 aliphatic carbocycles. The minimum atomic E-state index is -0.583. The molecule has 144 valence electrons. The van der Waals surface area contributed by atoms with E-state index in [4.69, 9.17) is 16.0 Å². The molecule has 0 bridgehead atoms. The first kappa shape index (κ1) is 18.6. The van der Waals surface area contributed by atoms with Crippen molar-refractivity contribution >= 4 is 34.2 Å². The number of carbonyl (C=O) groups excluding carboxylic acids is 1. The molecule has 1 fully saturated rings.